The molecule has 0 unspecified atom stereocenters. The molecule has 0 aliphatic carbocycles. The summed E-state index contributed by atoms with van der Waals surface area (Å²) in [5, 5.41) is 10.9. The first-order chi connectivity index (χ1) is 7.79. The number of carbonyl (C=O) groups is 1. The highest BCUT2D eigenvalue weighted by Gasteiger charge is 2.18. The Morgan fingerprint density at radius 3 is 2.94 bits per heavy atom. The summed E-state index contributed by atoms with van der Waals surface area (Å²) in [5.41, 5.74) is 0.858. The van der Waals surface area contributed by atoms with Crippen LogP contribution in [-0.2, 0) is 17.9 Å². The van der Waals surface area contributed by atoms with Crippen molar-refractivity contribution in [3.63, 3.8) is 0 Å². The molecule has 0 atom stereocenters. The van der Waals surface area contributed by atoms with E-state index in [2.05, 4.69) is 15.6 Å². The zero-order valence-corrected chi connectivity index (χ0v) is 9.52. The molecule has 0 bridgehead atoms. The van der Waals surface area contributed by atoms with Gasteiger partial charge in [-0.3, -0.25) is 4.79 Å². The van der Waals surface area contributed by atoms with E-state index >= 15 is 0 Å². The molecule has 0 saturated carbocycles. The predicted molar refractivity (Wildman–Crippen MR) is 58.6 cm³/mol. The molecule has 16 heavy (non-hydrogen) atoms. The molecule has 6 heteroatoms. The number of nitrogens with zero attached hydrogens (tertiary/aromatic N) is 4. The number of aromatic nitrogens is 3. The van der Waals surface area contributed by atoms with Gasteiger partial charge >= 0.3 is 0 Å². The second kappa shape index (κ2) is 5.07. The number of carbonyl (C=O) groups excluding carboxylic acids is 1. The predicted octanol–water partition coefficient (Wildman–Crippen LogP) is -0.380. The van der Waals surface area contributed by atoms with Crippen LogP contribution in [0.4, 0.5) is 0 Å². The summed E-state index contributed by atoms with van der Waals surface area (Å²) >= 11 is 0. The summed E-state index contributed by atoms with van der Waals surface area (Å²) in [6.45, 7) is 2.75. The normalized spacial score (nSPS) is 15.7. The quantitative estimate of drug-likeness (QED) is 0.756. The first-order valence-corrected chi connectivity index (χ1v) is 5.61. The second-order valence-electron chi connectivity index (χ2n) is 4.03. The van der Waals surface area contributed by atoms with Crippen LogP contribution in [0.5, 0.6) is 0 Å². The van der Waals surface area contributed by atoms with Crippen LogP contribution in [0.2, 0.25) is 0 Å². The molecule has 6 nitrogen and oxygen atoms in total. The maximum Gasteiger partial charge on any atom is 0.244 e. The maximum atomic E-state index is 11.8. The second-order valence-corrected chi connectivity index (χ2v) is 4.03. The lowest BCUT2D eigenvalue weighted by Gasteiger charge is -2.14. The van der Waals surface area contributed by atoms with Crippen molar-refractivity contribution in [3.8, 4) is 0 Å². The van der Waals surface area contributed by atoms with Crippen LogP contribution in [-0.4, -0.2) is 45.9 Å². The first kappa shape index (κ1) is 11.1. The van der Waals surface area contributed by atoms with Crippen molar-refractivity contribution < 1.29 is 4.79 Å². The van der Waals surface area contributed by atoms with Crippen molar-refractivity contribution in [2.24, 2.45) is 0 Å². The van der Waals surface area contributed by atoms with Crippen LogP contribution in [0.25, 0.3) is 0 Å². The highest BCUT2D eigenvalue weighted by Crippen LogP contribution is 2.08. The van der Waals surface area contributed by atoms with Gasteiger partial charge in [-0.1, -0.05) is 5.21 Å². The molecular formula is C10H17N5O. The lowest BCUT2D eigenvalue weighted by Crippen LogP contribution is -2.31. The van der Waals surface area contributed by atoms with Gasteiger partial charge in [0.2, 0.25) is 5.91 Å². The van der Waals surface area contributed by atoms with E-state index in [1.807, 2.05) is 18.1 Å². The van der Waals surface area contributed by atoms with Gasteiger partial charge in [0.1, 0.15) is 6.54 Å². The van der Waals surface area contributed by atoms with Gasteiger partial charge in [0.25, 0.3) is 0 Å². The molecule has 1 aliphatic heterocycles. The van der Waals surface area contributed by atoms with Gasteiger partial charge in [-0.25, -0.2) is 4.68 Å². The lowest BCUT2D eigenvalue weighted by atomic mass is 10.4. The molecule has 0 spiro atoms. The summed E-state index contributed by atoms with van der Waals surface area (Å²) in [5.74, 6) is 0.137. The summed E-state index contributed by atoms with van der Waals surface area (Å²) in [6.07, 6.45) is 4.05. The Morgan fingerprint density at radius 2 is 2.25 bits per heavy atom. The minimum Gasteiger partial charge on any atom is -0.341 e. The van der Waals surface area contributed by atoms with Crippen LogP contribution in [0.15, 0.2) is 6.20 Å². The molecule has 1 aliphatic rings. The van der Waals surface area contributed by atoms with Crippen LogP contribution in [0.1, 0.15) is 18.5 Å². The maximum absolute atomic E-state index is 11.8. The SMILES string of the molecule is CNCc1cn(CC(=O)N2CCCC2)nn1. The molecular weight excluding hydrogens is 206 g/mol. The van der Waals surface area contributed by atoms with Crippen LogP contribution in [0, 0.1) is 0 Å². The third-order valence-corrected chi connectivity index (χ3v) is 2.70. The molecule has 1 N–H and O–H groups in total. The monoisotopic (exact) mass is 223 g/mol. The smallest absolute Gasteiger partial charge is 0.244 e. The Balaban J connectivity index is 1.89. The highest BCUT2D eigenvalue weighted by atomic mass is 16.2. The molecule has 1 aromatic heterocycles. The topological polar surface area (TPSA) is 63.1 Å². The summed E-state index contributed by atoms with van der Waals surface area (Å²) in [4.78, 5) is 13.7. The summed E-state index contributed by atoms with van der Waals surface area (Å²) < 4.78 is 1.60. The third kappa shape index (κ3) is 2.57. The fourth-order valence-corrected chi connectivity index (χ4v) is 1.88. The van der Waals surface area contributed by atoms with Crippen molar-refractivity contribution in [3.05, 3.63) is 11.9 Å². The Hall–Kier alpha value is -1.43. The van der Waals surface area contributed by atoms with Crippen LogP contribution >= 0.6 is 0 Å². The number of hydrogen-bond acceptors (Lipinski definition) is 4. The summed E-state index contributed by atoms with van der Waals surface area (Å²) in [6, 6.07) is 0. The Kier molecular flexibility index (Phi) is 3.51. The van der Waals surface area contributed by atoms with Crippen LogP contribution in [0.3, 0.4) is 0 Å². The molecule has 1 fully saturated rings. The van der Waals surface area contributed by atoms with Gasteiger partial charge in [0.05, 0.1) is 11.9 Å². The standard InChI is InChI=1S/C10H17N5O/c1-11-6-9-7-15(13-12-9)8-10(16)14-4-2-3-5-14/h7,11H,2-6,8H2,1H3. The van der Waals surface area contributed by atoms with E-state index < -0.39 is 0 Å². The average molecular weight is 223 g/mol. The van der Waals surface area contributed by atoms with Gasteiger partial charge in [0, 0.05) is 19.6 Å². The molecule has 88 valence electrons. The Morgan fingerprint density at radius 1 is 1.50 bits per heavy atom. The molecule has 2 heterocycles. The van der Waals surface area contributed by atoms with E-state index in [1.54, 1.807) is 4.68 Å². The highest BCUT2D eigenvalue weighted by molar-refractivity contribution is 5.76. The molecule has 1 aromatic rings. The largest absolute Gasteiger partial charge is 0.341 e. The molecule has 0 aromatic carbocycles. The Labute approximate surface area is 94.6 Å². The van der Waals surface area contributed by atoms with Crippen molar-refractivity contribution in [1.29, 1.82) is 0 Å². The van der Waals surface area contributed by atoms with Gasteiger partial charge in [0.15, 0.2) is 0 Å². The van der Waals surface area contributed by atoms with E-state index in [0.29, 0.717) is 13.1 Å². The zero-order chi connectivity index (χ0) is 11.4. The first-order valence-electron chi connectivity index (χ1n) is 5.61. The van der Waals surface area contributed by atoms with Crippen molar-refractivity contribution >= 4 is 5.91 Å². The van der Waals surface area contributed by atoms with Gasteiger partial charge in [-0.05, 0) is 19.9 Å². The van der Waals surface area contributed by atoms with E-state index in [9.17, 15) is 4.79 Å². The molecule has 1 amide bonds. The average Bonchev–Trinajstić information content (AvgIpc) is 2.89. The molecule has 2 rings (SSSR count). The van der Waals surface area contributed by atoms with Crippen molar-refractivity contribution in [2.45, 2.75) is 25.9 Å². The number of nitrogens with one attached hydrogen (secondary N) is 1. The fourth-order valence-electron chi connectivity index (χ4n) is 1.88. The third-order valence-electron chi connectivity index (χ3n) is 2.70. The molecule has 0 radical (unpaired) electrons. The van der Waals surface area contributed by atoms with E-state index in [-0.39, 0.29) is 5.91 Å². The summed E-state index contributed by atoms with van der Waals surface area (Å²) in [7, 11) is 1.86. The Bertz CT molecular complexity index is 356. The minimum absolute atomic E-state index is 0.137. The minimum atomic E-state index is 0.137. The van der Waals surface area contributed by atoms with Crippen molar-refractivity contribution in [2.75, 3.05) is 20.1 Å². The van der Waals surface area contributed by atoms with E-state index in [4.69, 9.17) is 0 Å². The fraction of sp³-hybridized carbons (Fsp3) is 0.700. The van der Waals surface area contributed by atoms with Crippen molar-refractivity contribution in [1.82, 2.24) is 25.2 Å². The van der Waals surface area contributed by atoms with Gasteiger partial charge in [-0.2, -0.15) is 0 Å². The van der Waals surface area contributed by atoms with E-state index in [1.165, 1.54) is 0 Å². The number of amides is 1. The molecule has 1 saturated heterocycles. The van der Waals surface area contributed by atoms with Gasteiger partial charge < -0.3 is 10.2 Å². The van der Waals surface area contributed by atoms with E-state index in [0.717, 1.165) is 31.6 Å². The lowest BCUT2D eigenvalue weighted by molar-refractivity contribution is -0.130. The zero-order valence-electron chi connectivity index (χ0n) is 9.52. The number of hydrogen-bond donors (Lipinski definition) is 1. The number of likely N-dealkylation sites (tertiary alicyclic amines) is 1. The van der Waals surface area contributed by atoms with Crippen LogP contribution < -0.4 is 5.32 Å². The number of rotatable bonds is 4. The van der Waals surface area contributed by atoms with Gasteiger partial charge in [-0.15, -0.1) is 5.10 Å².